The smallest absolute Gasteiger partial charge is 0.312 e. The van der Waals surface area contributed by atoms with Crippen molar-refractivity contribution in [1.82, 2.24) is 0 Å². The normalized spacial score (nSPS) is 17.1. The molecule has 1 heterocycles. The predicted octanol–water partition coefficient (Wildman–Crippen LogP) is 4.06. The number of nitrogens with zero attached hydrogens (tertiary/aromatic N) is 2. The highest BCUT2D eigenvalue weighted by Crippen LogP contribution is 2.49. The van der Waals surface area contributed by atoms with Crippen molar-refractivity contribution in [2.75, 3.05) is 31.8 Å². The Morgan fingerprint density at radius 3 is 2.15 bits per heavy atom. The molecule has 0 spiro atoms. The minimum Gasteiger partial charge on any atom is -0.312 e. The molecule has 3 rings (SSSR count). The van der Waals surface area contributed by atoms with E-state index in [-0.39, 0.29) is 18.0 Å². The van der Waals surface area contributed by atoms with Gasteiger partial charge in [-0.2, -0.15) is 5.26 Å². The van der Waals surface area contributed by atoms with Crippen molar-refractivity contribution in [2.45, 2.75) is 6.42 Å². The van der Waals surface area contributed by atoms with Crippen molar-refractivity contribution in [3.63, 3.8) is 0 Å². The zero-order valence-corrected chi connectivity index (χ0v) is 16.2. The first-order valence-electron chi connectivity index (χ1n) is 8.59. The SMILES string of the molecule is COP(=O)(CC1CC(=O)N(c2ccc(-c3ccc(C#N)cc3)cc2)C1)OC. The van der Waals surface area contributed by atoms with Crippen molar-refractivity contribution >= 4 is 19.2 Å². The van der Waals surface area contributed by atoms with Gasteiger partial charge in [-0.15, -0.1) is 0 Å². The standard InChI is InChI=1S/C20H21N2O4P/c1-25-27(24,26-2)14-16-11-20(23)22(13-16)19-9-7-18(8-10-19)17-5-3-15(12-21)4-6-17/h3-10,16H,11,13-14H2,1-2H3. The van der Waals surface area contributed by atoms with Gasteiger partial charge >= 0.3 is 7.60 Å². The van der Waals surface area contributed by atoms with Gasteiger partial charge in [0.25, 0.3) is 0 Å². The molecule has 1 aliphatic heterocycles. The molecular weight excluding hydrogens is 363 g/mol. The van der Waals surface area contributed by atoms with Crippen LogP contribution in [0.15, 0.2) is 48.5 Å². The first-order valence-corrected chi connectivity index (χ1v) is 10.3. The van der Waals surface area contributed by atoms with Crippen molar-refractivity contribution in [3.05, 3.63) is 54.1 Å². The second-order valence-electron chi connectivity index (χ2n) is 6.47. The van der Waals surface area contributed by atoms with Crippen LogP contribution in [0, 0.1) is 17.2 Å². The highest BCUT2D eigenvalue weighted by atomic mass is 31.2. The number of carbonyl (C=O) groups excluding carboxylic acids is 1. The lowest BCUT2D eigenvalue weighted by atomic mass is 10.0. The van der Waals surface area contributed by atoms with Crippen LogP contribution in [-0.2, 0) is 18.4 Å². The van der Waals surface area contributed by atoms with Gasteiger partial charge in [0.1, 0.15) is 0 Å². The number of anilines is 1. The van der Waals surface area contributed by atoms with Crippen LogP contribution >= 0.6 is 7.60 Å². The summed E-state index contributed by atoms with van der Waals surface area (Å²) >= 11 is 0. The third kappa shape index (κ3) is 4.28. The molecule has 1 unspecified atom stereocenters. The first kappa shape index (κ1) is 19.3. The van der Waals surface area contributed by atoms with Gasteiger partial charge in [-0.3, -0.25) is 9.36 Å². The maximum Gasteiger partial charge on any atom is 0.330 e. The average Bonchev–Trinajstić information content (AvgIpc) is 3.07. The largest absolute Gasteiger partial charge is 0.330 e. The minimum absolute atomic E-state index is 0.00452. The molecule has 140 valence electrons. The Morgan fingerprint density at radius 1 is 1.07 bits per heavy atom. The summed E-state index contributed by atoms with van der Waals surface area (Å²) in [6.07, 6.45) is 0.555. The molecule has 0 radical (unpaired) electrons. The van der Waals surface area contributed by atoms with Gasteiger partial charge in [0, 0.05) is 32.9 Å². The Balaban J connectivity index is 1.72. The summed E-state index contributed by atoms with van der Waals surface area (Å²) in [5.74, 6) is -0.0636. The van der Waals surface area contributed by atoms with Gasteiger partial charge in [-0.25, -0.2) is 0 Å². The summed E-state index contributed by atoms with van der Waals surface area (Å²) in [6, 6.07) is 17.2. The van der Waals surface area contributed by atoms with Gasteiger partial charge in [0.2, 0.25) is 5.91 Å². The zero-order valence-electron chi connectivity index (χ0n) is 15.3. The van der Waals surface area contributed by atoms with Crippen LogP contribution in [0.25, 0.3) is 11.1 Å². The van der Waals surface area contributed by atoms with Crippen LogP contribution in [0.2, 0.25) is 0 Å². The molecule has 1 fully saturated rings. The Hall–Kier alpha value is -2.45. The lowest BCUT2D eigenvalue weighted by molar-refractivity contribution is -0.117. The summed E-state index contributed by atoms with van der Waals surface area (Å²) in [7, 11) is -0.408. The number of hydrogen-bond acceptors (Lipinski definition) is 5. The topological polar surface area (TPSA) is 79.6 Å². The number of nitriles is 1. The Bertz CT molecular complexity index is 895. The van der Waals surface area contributed by atoms with Gasteiger partial charge in [0.15, 0.2) is 0 Å². The quantitative estimate of drug-likeness (QED) is 0.702. The summed E-state index contributed by atoms with van der Waals surface area (Å²) in [5, 5.41) is 8.88. The lowest BCUT2D eigenvalue weighted by Gasteiger charge is -2.19. The first-order chi connectivity index (χ1) is 13.0. The number of benzene rings is 2. The summed E-state index contributed by atoms with van der Waals surface area (Å²) in [5.41, 5.74) is 3.44. The van der Waals surface area contributed by atoms with Crippen LogP contribution in [0.3, 0.4) is 0 Å². The molecule has 0 N–H and O–H groups in total. The van der Waals surface area contributed by atoms with Crippen LogP contribution in [0.1, 0.15) is 12.0 Å². The van der Waals surface area contributed by atoms with Crippen LogP contribution in [-0.4, -0.2) is 32.8 Å². The molecule has 2 aromatic rings. The molecule has 0 aromatic heterocycles. The molecule has 27 heavy (non-hydrogen) atoms. The van der Waals surface area contributed by atoms with E-state index in [1.165, 1.54) is 14.2 Å². The van der Waals surface area contributed by atoms with E-state index in [1.807, 2.05) is 36.4 Å². The fraction of sp³-hybridized carbons (Fsp3) is 0.300. The minimum atomic E-state index is -3.13. The zero-order chi connectivity index (χ0) is 19.4. The number of carbonyl (C=O) groups is 1. The molecule has 7 heteroatoms. The average molecular weight is 384 g/mol. The number of amides is 1. The Morgan fingerprint density at radius 2 is 1.63 bits per heavy atom. The van der Waals surface area contributed by atoms with E-state index in [0.717, 1.165) is 16.8 Å². The second kappa shape index (κ2) is 8.06. The van der Waals surface area contributed by atoms with Crippen molar-refractivity contribution in [1.29, 1.82) is 5.26 Å². The molecule has 2 aromatic carbocycles. The molecule has 1 aliphatic rings. The van der Waals surface area contributed by atoms with E-state index in [0.29, 0.717) is 18.5 Å². The summed E-state index contributed by atoms with van der Waals surface area (Å²) in [4.78, 5) is 14.1. The molecule has 1 amide bonds. The highest BCUT2D eigenvalue weighted by molar-refractivity contribution is 7.53. The number of rotatable bonds is 6. The molecule has 0 saturated carbocycles. The Kier molecular flexibility index (Phi) is 5.76. The Labute approximate surface area is 158 Å². The van der Waals surface area contributed by atoms with E-state index < -0.39 is 7.60 Å². The molecule has 1 atom stereocenters. The molecule has 0 aliphatic carbocycles. The fourth-order valence-corrected chi connectivity index (χ4v) is 4.59. The van der Waals surface area contributed by atoms with E-state index in [4.69, 9.17) is 14.3 Å². The van der Waals surface area contributed by atoms with Crippen LogP contribution in [0.5, 0.6) is 0 Å². The van der Waals surface area contributed by atoms with Gasteiger partial charge < -0.3 is 13.9 Å². The van der Waals surface area contributed by atoms with Crippen molar-refractivity contribution in [2.24, 2.45) is 5.92 Å². The summed E-state index contributed by atoms with van der Waals surface area (Å²) in [6.45, 7) is 0.492. The van der Waals surface area contributed by atoms with Gasteiger partial charge in [-0.1, -0.05) is 24.3 Å². The third-order valence-electron chi connectivity index (χ3n) is 4.77. The fourth-order valence-electron chi connectivity index (χ4n) is 3.26. The molecule has 6 nitrogen and oxygen atoms in total. The van der Waals surface area contributed by atoms with Crippen molar-refractivity contribution < 1.29 is 18.4 Å². The van der Waals surface area contributed by atoms with E-state index in [1.54, 1.807) is 17.0 Å². The third-order valence-corrected chi connectivity index (χ3v) is 6.85. The number of hydrogen-bond donors (Lipinski definition) is 0. The maximum atomic E-state index is 12.4. The van der Waals surface area contributed by atoms with E-state index >= 15 is 0 Å². The predicted molar refractivity (Wildman–Crippen MR) is 104 cm³/mol. The molecule has 0 bridgehead atoms. The van der Waals surface area contributed by atoms with Gasteiger partial charge in [-0.05, 0) is 41.3 Å². The van der Waals surface area contributed by atoms with E-state index in [2.05, 4.69) is 6.07 Å². The van der Waals surface area contributed by atoms with E-state index in [9.17, 15) is 9.36 Å². The molecule has 1 saturated heterocycles. The highest BCUT2D eigenvalue weighted by Gasteiger charge is 2.36. The van der Waals surface area contributed by atoms with Gasteiger partial charge in [0.05, 0.1) is 17.8 Å². The monoisotopic (exact) mass is 384 g/mol. The second-order valence-corrected chi connectivity index (χ2v) is 8.79. The van der Waals surface area contributed by atoms with Crippen molar-refractivity contribution in [3.8, 4) is 17.2 Å². The molecular formula is C20H21N2O4P. The summed E-state index contributed by atoms with van der Waals surface area (Å²) < 4.78 is 22.3. The van der Waals surface area contributed by atoms with Crippen LogP contribution in [0.4, 0.5) is 5.69 Å². The maximum absolute atomic E-state index is 12.4. The van der Waals surface area contributed by atoms with Crippen LogP contribution < -0.4 is 4.90 Å². The lowest BCUT2D eigenvalue weighted by Crippen LogP contribution is -2.24.